The molecular weight excluding hydrogens is 426 g/mol. The Morgan fingerprint density at radius 1 is 1.11 bits per heavy atom. The van der Waals surface area contributed by atoms with E-state index >= 15 is 0 Å². The maximum Gasteiger partial charge on any atom is 0.242 e. The second kappa shape index (κ2) is 11.6. The third-order valence-electron chi connectivity index (χ3n) is 4.14. The summed E-state index contributed by atoms with van der Waals surface area (Å²) in [6.45, 7) is 7.73. The zero-order chi connectivity index (χ0) is 19.9. The van der Waals surface area contributed by atoms with E-state index in [1.165, 1.54) is 0 Å². The van der Waals surface area contributed by atoms with Gasteiger partial charge in [0.2, 0.25) is 10.0 Å². The molecule has 0 aliphatic rings. The van der Waals surface area contributed by atoms with Gasteiger partial charge in [0.15, 0.2) is 0 Å². The van der Waals surface area contributed by atoms with Crippen LogP contribution in [0.15, 0.2) is 47.4 Å². The topological polar surface area (TPSA) is 58.6 Å². The van der Waals surface area contributed by atoms with E-state index in [4.69, 9.17) is 16.3 Å². The lowest BCUT2D eigenvalue weighted by Gasteiger charge is -2.18. The first-order chi connectivity index (χ1) is 12.9. The Balaban J connectivity index is 0.00000392. The fourth-order valence-corrected chi connectivity index (χ4v) is 4.03. The number of likely N-dealkylation sites (N-methyl/N-ethyl adjacent to an activating group) is 1. The molecule has 0 heterocycles. The summed E-state index contributed by atoms with van der Waals surface area (Å²) >= 11 is 5.83. The predicted octanol–water partition coefficient (Wildman–Crippen LogP) is 4.10. The fourth-order valence-electron chi connectivity index (χ4n) is 2.49. The number of rotatable bonds is 10. The van der Waals surface area contributed by atoms with Crippen molar-refractivity contribution in [3.63, 3.8) is 0 Å². The summed E-state index contributed by atoms with van der Waals surface area (Å²) in [4.78, 5) is 2.12. The maximum absolute atomic E-state index is 13.1. The number of ether oxygens (including phenoxy) is 1. The summed E-state index contributed by atoms with van der Waals surface area (Å²) in [7, 11) is -3.83. The lowest BCUT2D eigenvalue weighted by atomic mass is 10.2. The summed E-state index contributed by atoms with van der Waals surface area (Å²) in [5, 5.41) is -0.153. The summed E-state index contributed by atoms with van der Waals surface area (Å²) in [6.07, 6.45) is 0. The molecule has 0 aliphatic heterocycles. The molecule has 1 N–H and O–H groups in total. The van der Waals surface area contributed by atoms with Gasteiger partial charge in [-0.3, -0.25) is 0 Å². The van der Waals surface area contributed by atoms with E-state index in [-0.39, 0.29) is 28.9 Å². The van der Waals surface area contributed by atoms with Crippen molar-refractivity contribution in [3.05, 3.63) is 58.9 Å². The Labute approximate surface area is 177 Å². The van der Waals surface area contributed by atoms with Gasteiger partial charge in [-0.1, -0.05) is 37.6 Å². The highest BCUT2D eigenvalue weighted by Gasteiger charge is 2.18. The highest BCUT2D eigenvalue weighted by Crippen LogP contribution is 2.22. The summed E-state index contributed by atoms with van der Waals surface area (Å²) in [5.74, 6) is 0.144. The van der Waals surface area contributed by atoms with Gasteiger partial charge >= 0.3 is 0 Å². The molecule has 0 bridgehead atoms. The molecule has 9 heteroatoms. The molecule has 0 radical (unpaired) electrons. The second-order valence-corrected chi connectivity index (χ2v) is 8.06. The Hall–Kier alpha value is -1.38. The SMILES string of the molecule is CCN(CC)CCOc1ccc(CNS(=O)(=O)c2ccc(F)cc2Cl)cc1.Cl. The molecule has 156 valence electrons. The molecule has 2 aromatic rings. The quantitative estimate of drug-likeness (QED) is 0.591. The molecule has 28 heavy (non-hydrogen) atoms. The van der Waals surface area contributed by atoms with Gasteiger partial charge in [0.25, 0.3) is 0 Å². The maximum atomic E-state index is 13.1. The van der Waals surface area contributed by atoms with Gasteiger partial charge in [-0.25, -0.2) is 17.5 Å². The van der Waals surface area contributed by atoms with Gasteiger partial charge in [0.1, 0.15) is 23.1 Å². The summed E-state index contributed by atoms with van der Waals surface area (Å²) < 4.78 is 45.9. The van der Waals surface area contributed by atoms with Crippen LogP contribution in [0.5, 0.6) is 5.75 Å². The van der Waals surface area contributed by atoms with Crippen LogP contribution < -0.4 is 9.46 Å². The summed E-state index contributed by atoms with van der Waals surface area (Å²) in [6, 6.07) is 10.4. The Kier molecular flexibility index (Phi) is 10.2. The van der Waals surface area contributed by atoms with Crippen LogP contribution in [-0.2, 0) is 16.6 Å². The number of hydrogen-bond donors (Lipinski definition) is 1. The van der Waals surface area contributed by atoms with E-state index in [2.05, 4.69) is 23.5 Å². The second-order valence-electron chi connectivity index (χ2n) is 5.92. The van der Waals surface area contributed by atoms with E-state index in [0.717, 1.165) is 49.1 Å². The van der Waals surface area contributed by atoms with Crippen molar-refractivity contribution >= 4 is 34.0 Å². The monoisotopic (exact) mass is 450 g/mol. The van der Waals surface area contributed by atoms with Crippen LogP contribution in [0.2, 0.25) is 5.02 Å². The smallest absolute Gasteiger partial charge is 0.242 e. The molecule has 5 nitrogen and oxygen atoms in total. The first kappa shape index (κ1) is 24.7. The Morgan fingerprint density at radius 3 is 2.32 bits per heavy atom. The van der Waals surface area contributed by atoms with Gasteiger partial charge < -0.3 is 9.64 Å². The van der Waals surface area contributed by atoms with Crippen LogP contribution in [0.25, 0.3) is 0 Å². The lowest BCUT2D eigenvalue weighted by Crippen LogP contribution is -2.27. The van der Waals surface area contributed by atoms with E-state index in [9.17, 15) is 12.8 Å². The molecule has 0 fully saturated rings. The van der Waals surface area contributed by atoms with Crippen LogP contribution in [0.1, 0.15) is 19.4 Å². The van der Waals surface area contributed by atoms with Crippen LogP contribution in [0.3, 0.4) is 0 Å². The average molecular weight is 451 g/mol. The summed E-state index contributed by atoms with van der Waals surface area (Å²) in [5.41, 5.74) is 0.771. The Bertz CT molecular complexity index is 845. The third kappa shape index (κ3) is 7.22. The minimum absolute atomic E-state index is 0. The minimum Gasteiger partial charge on any atom is -0.492 e. The minimum atomic E-state index is -3.83. The first-order valence-corrected chi connectivity index (χ1v) is 10.6. The van der Waals surface area contributed by atoms with Crippen LogP contribution in [0.4, 0.5) is 4.39 Å². The number of nitrogens with zero attached hydrogens (tertiary/aromatic N) is 1. The van der Waals surface area contributed by atoms with Crippen molar-refractivity contribution in [2.75, 3.05) is 26.2 Å². The molecule has 0 aliphatic carbocycles. The molecular formula is C19H25Cl2FN2O3S. The van der Waals surface area contributed by atoms with Gasteiger partial charge in [-0.05, 0) is 49.0 Å². The van der Waals surface area contributed by atoms with E-state index in [1.54, 1.807) is 24.3 Å². The normalized spacial score (nSPS) is 11.3. The number of sulfonamides is 1. The molecule has 2 aromatic carbocycles. The van der Waals surface area contributed by atoms with E-state index in [0.29, 0.717) is 6.61 Å². The number of nitrogens with one attached hydrogen (secondary N) is 1. The van der Waals surface area contributed by atoms with Crippen molar-refractivity contribution in [2.24, 2.45) is 0 Å². The third-order valence-corrected chi connectivity index (χ3v) is 6.03. The first-order valence-electron chi connectivity index (χ1n) is 8.74. The largest absolute Gasteiger partial charge is 0.492 e. The standard InChI is InChI=1S/C19H24ClFN2O3S.ClH/c1-3-23(4-2)11-12-26-17-8-5-15(6-9-17)14-22-27(24,25)19-10-7-16(21)13-18(19)20;/h5-10,13,22H,3-4,11-12,14H2,1-2H3;1H. The van der Waals surface area contributed by atoms with Crippen molar-refractivity contribution in [1.29, 1.82) is 0 Å². The number of halogens is 3. The molecule has 0 unspecified atom stereocenters. The number of hydrogen-bond acceptors (Lipinski definition) is 4. The highest BCUT2D eigenvalue weighted by molar-refractivity contribution is 7.89. The van der Waals surface area contributed by atoms with Crippen LogP contribution >= 0.6 is 24.0 Å². The molecule has 0 aromatic heterocycles. The predicted molar refractivity (Wildman–Crippen MR) is 112 cm³/mol. The van der Waals surface area contributed by atoms with Gasteiger partial charge in [0, 0.05) is 13.1 Å². The molecule has 0 amide bonds. The fraction of sp³-hybridized carbons (Fsp3) is 0.368. The molecule has 0 spiro atoms. The van der Waals surface area contributed by atoms with Crippen molar-refractivity contribution in [2.45, 2.75) is 25.3 Å². The molecule has 0 saturated carbocycles. The lowest BCUT2D eigenvalue weighted by molar-refractivity contribution is 0.223. The van der Waals surface area contributed by atoms with E-state index in [1.807, 2.05) is 0 Å². The van der Waals surface area contributed by atoms with Gasteiger partial charge in [-0.15, -0.1) is 12.4 Å². The van der Waals surface area contributed by atoms with Crippen molar-refractivity contribution in [3.8, 4) is 5.75 Å². The van der Waals surface area contributed by atoms with Gasteiger partial charge in [0.05, 0.1) is 5.02 Å². The van der Waals surface area contributed by atoms with Crippen LogP contribution in [-0.4, -0.2) is 39.6 Å². The zero-order valence-corrected chi connectivity index (χ0v) is 18.2. The van der Waals surface area contributed by atoms with Crippen LogP contribution in [0, 0.1) is 5.82 Å². The Morgan fingerprint density at radius 2 is 1.75 bits per heavy atom. The molecule has 0 atom stereocenters. The number of benzene rings is 2. The molecule has 2 rings (SSSR count). The van der Waals surface area contributed by atoms with E-state index < -0.39 is 15.8 Å². The van der Waals surface area contributed by atoms with Crippen molar-refractivity contribution in [1.82, 2.24) is 9.62 Å². The average Bonchev–Trinajstić information content (AvgIpc) is 2.64. The van der Waals surface area contributed by atoms with Gasteiger partial charge in [-0.2, -0.15) is 0 Å². The zero-order valence-electron chi connectivity index (χ0n) is 15.8. The molecule has 0 saturated heterocycles. The highest BCUT2D eigenvalue weighted by atomic mass is 35.5. The van der Waals surface area contributed by atoms with Crippen molar-refractivity contribution < 1.29 is 17.5 Å².